The van der Waals surface area contributed by atoms with Gasteiger partial charge < -0.3 is 20.7 Å². The summed E-state index contributed by atoms with van der Waals surface area (Å²) in [5, 5.41) is 28.9. The van der Waals surface area contributed by atoms with E-state index in [9.17, 15) is 15.0 Å². The molecule has 4 N–H and O–H groups in total. The number of ether oxygens (including phenoxy) is 1. The molecule has 0 unspecified atom stereocenters. The lowest BCUT2D eigenvalue weighted by Gasteiger charge is -2.15. The molecule has 5 aromatic carbocycles. The molecule has 7 nitrogen and oxygen atoms in total. The second-order valence-corrected chi connectivity index (χ2v) is 9.69. The summed E-state index contributed by atoms with van der Waals surface area (Å²) in [5.74, 6) is 6.37. The first-order valence-corrected chi connectivity index (χ1v) is 12.5. The third-order valence-corrected chi connectivity index (χ3v) is 7.53. The molecule has 1 aliphatic rings. The number of rotatable bonds is 2. The normalized spacial score (nSPS) is 19.5. The number of aromatic nitrogens is 2. The average molecular weight is 502 g/mol. The number of anilines is 1. The van der Waals surface area contributed by atoms with E-state index in [-0.39, 0.29) is 18.8 Å². The van der Waals surface area contributed by atoms with Gasteiger partial charge in [0, 0.05) is 18.2 Å². The molecular formula is C31H23N3O4. The number of aliphatic hydroxyl groups excluding tert-OH is 2. The van der Waals surface area contributed by atoms with E-state index < -0.39 is 24.1 Å². The highest BCUT2D eigenvalue weighted by atomic mass is 16.5. The van der Waals surface area contributed by atoms with E-state index in [1.54, 1.807) is 0 Å². The molecular weight excluding hydrogens is 478 g/mol. The van der Waals surface area contributed by atoms with Gasteiger partial charge in [-0.15, -0.1) is 0 Å². The highest BCUT2D eigenvalue weighted by Gasteiger charge is 2.35. The SMILES string of the molecule is Nc1nc(=O)n([C@H]2C[C@H](O)[C@@H](CO)O2)cc1C#Cc1ccc2c3cccc4cccc(c5cccc1c52)c43. The Hall–Kier alpha value is -4.48. The highest BCUT2D eigenvalue weighted by Crippen LogP contribution is 2.40. The van der Waals surface area contributed by atoms with Crippen molar-refractivity contribution in [3.63, 3.8) is 0 Å². The average Bonchev–Trinajstić information content (AvgIpc) is 3.31. The molecule has 1 fully saturated rings. The molecule has 0 radical (unpaired) electrons. The van der Waals surface area contributed by atoms with Crippen molar-refractivity contribution >= 4 is 48.9 Å². The fourth-order valence-corrected chi connectivity index (χ4v) is 5.72. The molecule has 7 rings (SSSR count). The molecule has 0 aliphatic carbocycles. The quantitative estimate of drug-likeness (QED) is 0.189. The van der Waals surface area contributed by atoms with Crippen LogP contribution in [0, 0.1) is 11.8 Å². The Morgan fingerprint density at radius 2 is 1.53 bits per heavy atom. The van der Waals surface area contributed by atoms with Crippen LogP contribution in [0.1, 0.15) is 23.8 Å². The van der Waals surface area contributed by atoms with E-state index in [0.717, 1.165) is 16.3 Å². The number of nitrogen functional groups attached to an aromatic ring is 1. The van der Waals surface area contributed by atoms with Crippen molar-refractivity contribution in [3.05, 3.63) is 94.5 Å². The van der Waals surface area contributed by atoms with Gasteiger partial charge in [-0.1, -0.05) is 72.5 Å². The van der Waals surface area contributed by atoms with Gasteiger partial charge in [0.25, 0.3) is 0 Å². The number of nitrogens with zero attached hydrogens (tertiary/aromatic N) is 2. The van der Waals surface area contributed by atoms with Crippen LogP contribution in [0.25, 0.3) is 43.1 Å². The second kappa shape index (κ2) is 8.54. The molecule has 0 bridgehead atoms. The first-order chi connectivity index (χ1) is 18.5. The van der Waals surface area contributed by atoms with Crippen molar-refractivity contribution in [1.82, 2.24) is 9.55 Å². The first kappa shape index (κ1) is 22.7. The van der Waals surface area contributed by atoms with Gasteiger partial charge in [-0.2, -0.15) is 4.98 Å². The van der Waals surface area contributed by atoms with Crippen molar-refractivity contribution in [2.24, 2.45) is 0 Å². The molecule has 6 aromatic rings. The summed E-state index contributed by atoms with van der Waals surface area (Å²) < 4.78 is 6.91. The van der Waals surface area contributed by atoms with Gasteiger partial charge in [0.2, 0.25) is 0 Å². The monoisotopic (exact) mass is 501 g/mol. The van der Waals surface area contributed by atoms with Crippen LogP contribution in [-0.2, 0) is 4.74 Å². The van der Waals surface area contributed by atoms with Gasteiger partial charge in [0.1, 0.15) is 18.1 Å². The minimum absolute atomic E-state index is 0.0272. The zero-order valence-corrected chi connectivity index (χ0v) is 20.3. The Morgan fingerprint density at radius 3 is 2.24 bits per heavy atom. The molecule has 7 heteroatoms. The summed E-state index contributed by atoms with van der Waals surface area (Å²) in [6.07, 6.45) is -0.722. The van der Waals surface area contributed by atoms with Crippen molar-refractivity contribution in [2.75, 3.05) is 12.3 Å². The van der Waals surface area contributed by atoms with Crippen LogP contribution in [-0.4, -0.2) is 38.6 Å². The third-order valence-electron chi connectivity index (χ3n) is 7.53. The van der Waals surface area contributed by atoms with E-state index in [0.29, 0.717) is 5.56 Å². The predicted octanol–water partition coefficient (Wildman–Crippen LogP) is 3.92. The van der Waals surface area contributed by atoms with Crippen molar-refractivity contribution in [3.8, 4) is 11.8 Å². The molecule has 38 heavy (non-hydrogen) atoms. The maximum atomic E-state index is 12.5. The van der Waals surface area contributed by atoms with E-state index in [2.05, 4.69) is 77.5 Å². The van der Waals surface area contributed by atoms with Gasteiger partial charge in [0.05, 0.1) is 18.3 Å². The standard InChI is InChI=1S/C31H23N3O4/c32-30-19(15-34(31(37)33-30)27-14-25(36)26(16-35)38-27)11-10-17-12-13-24-22-8-2-5-18-4-1-7-21(28(18)22)23-9-3-6-20(17)29(23)24/h1-9,12-13,15,25-27,35-36H,14,16H2,(H2,32,33,37)/t25-,26+,27+/m0/s1. The Labute approximate surface area is 217 Å². The molecule has 186 valence electrons. The van der Waals surface area contributed by atoms with Crippen molar-refractivity contribution in [2.45, 2.75) is 24.9 Å². The highest BCUT2D eigenvalue weighted by molar-refractivity contribution is 6.33. The van der Waals surface area contributed by atoms with Gasteiger partial charge in [-0.05, 0) is 49.2 Å². The van der Waals surface area contributed by atoms with Crippen LogP contribution >= 0.6 is 0 Å². The molecule has 2 heterocycles. The lowest BCUT2D eigenvalue weighted by atomic mass is 9.88. The second-order valence-electron chi connectivity index (χ2n) is 9.69. The Kier molecular flexibility index (Phi) is 5.10. The van der Waals surface area contributed by atoms with Crippen LogP contribution in [0.3, 0.4) is 0 Å². The Balaban J connectivity index is 1.38. The number of nitrogens with two attached hydrogens (primary N) is 1. The minimum Gasteiger partial charge on any atom is -0.394 e. The zero-order valence-electron chi connectivity index (χ0n) is 20.3. The fourth-order valence-electron chi connectivity index (χ4n) is 5.72. The smallest absolute Gasteiger partial charge is 0.351 e. The summed E-state index contributed by atoms with van der Waals surface area (Å²) in [5.41, 5.74) is 6.68. The maximum Gasteiger partial charge on any atom is 0.351 e. The summed E-state index contributed by atoms with van der Waals surface area (Å²) in [4.78, 5) is 16.4. The predicted molar refractivity (Wildman–Crippen MR) is 148 cm³/mol. The number of aliphatic hydroxyl groups is 2. The van der Waals surface area contributed by atoms with Crippen LogP contribution < -0.4 is 11.4 Å². The number of hydrogen-bond acceptors (Lipinski definition) is 6. The lowest BCUT2D eigenvalue weighted by molar-refractivity contribution is -0.0458. The zero-order chi connectivity index (χ0) is 26.0. The molecule has 0 saturated carbocycles. The number of benzene rings is 5. The van der Waals surface area contributed by atoms with E-state index in [4.69, 9.17) is 10.5 Å². The third kappa shape index (κ3) is 3.36. The maximum absolute atomic E-state index is 12.5. The number of hydrogen-bond donors (Lipinski definition) is 3. The van der Waals surface area contributed by atoms with Gasteiger partial charge in [-0.3, -0.25) is 4.57 Å². The lowest BCUT2D eigenvalue weighted by Crippen LogP contribution is -2.28. The summed E-state index contributed by atoms with van der Waals surface area (Å²) >= 11 is 0. The molecule has 1 saturated heterocycles. The van der Waals surface area contributed by atoms with Crippen LogP contribution in [0.4, 0.5) is 5.82 Å². The van der Waals surface area contributed by atoms with Gasteiger partial charge >= 0.3 is 5.69 Å². The summed E-state index contributed by atoms with van der Waals surface area (Å²) in [6, 6.07) is 23.2. The van der Waals surface area contributed by atoms with Crippen LogP contribution in [0.15, 0.2) is 77.7 Å². The van der Waals surface area contributed by atoms with Gasteiger partial charge in [0.15, 0.2) is 0 Å². The molecule has 0 spiro atoms. The topological polar surface area (TPSA) is 111 Å². The Morgan fingerprint density at radius 1 is 0.895 bits per heavy atom. The summed E-state index contributed by atoms with van der Waals surface area (Å²) in [6.45, 7) is -0.342. The molecule has 0 amide bonds. The minimum atomic E-state index is -0.877. The summed E-state index contributed by atoms with van der Waals surface area (Å²) in [7, 11) is 0. The van der Waals surface area contributed by atoms with Crippen molar-refractivity contribution in [1.29, 1.82) is 0 Å². The van der Waals surface area contributed by atoms with E-state index in [1.165, 1.54) is 43.1 Å². The van der Waals surface area contributed by atoms with Gasteiger partial charge in [-0.25, -0.2) is 4.79 Å². The van der Waals surface area contributed by atoms with Crippen LogP contribution in [0.2, 0.25) is 0 Å². The Bertz CT molecular complexity index is 1950. The largest absolute Gasteiger partial charge is 0.394 e. The van der Waals surface area contributed by atoms with Crippen molar-refractivity contribution < 1.29 is 14.9 Å². The molecule has 1 aromatic heterocycles. The first-order valence-electron chi connectivity index (χ1n) is 12.5. The molecule has 3 atom stereocenters. The van der Waals surface area contributed by atoms with Crippen LogP contribution in [0.5, 0.6) is 0 Å². The number of fused-ring (bicyclic) bond motifs is 2. The molecule has 1 aliphatic heterocycles. The fraction of sp³-hybridized carbons (Fsp3) is 0.161. The van der Waals surface area contributed by atoms with E-state index in [1.807, 2.05) is 6.07 Å². The van der Waals surface area contributed by atoms with E-state index >= 15 is 0 Å².